The second-order valence-electron chi connectivity index (χ2n) is 9.81. The van der Waals surface area contributed by atoms with E-state index >= 15 is 0 Å². The zero-order chi connectivity index (χ0) is 25.6. The number of pyridine rings is 1. The molecule has 0 aliphatic carbocycles. The van der Waals surface area contributed by atoms with Crippen LogP contribution in [0, 0.1) is 13.8 Å². The minimum Gasteiger partial charge on any atom is -0.379 e. The number of nitrogens with one attached hydrogen (secondary N) is 1. The Hall–Kier alpha value is -3.40. The van der Waals surface area contributed by atoms with Gasteiger partial charge in [-0.1, -0.05) is 42.5 Å². The third-order valence-corrected chi connectivity index (χ3v) is 7.28. The number of rotatable bonds is 10. The summed E-state index contributed by atoms with van der Waals surface area (Å²) >= 11 is 0. The van der Waals surface area contributed by atoms with Crippen molar-refractivity contribution in [2.24, 2.45) is 0 Å². The highest BCUT2D eigenvalue weighted by Gasteiger charge is 2.18. The summed E-state index contributed by atoms with van der Waals surface area (Å²) in [5.74, 6) is 0.807. The average Bonchev–Trinajstić information content (AvgIpc) is 3.37. The summed E-state index contributed by atoms with van der Waals surface area (Å²) < 4.78 is 7.39. The Labute approximate surface area is 217 Å². The first kappa shape index (κ1) is 25.3. The predicted octanol–water partition coefficient (Wildman–Crippen LogP) is 2.71. The van der Waals surface area contributed by atoms with E-state index in [0.717, 1.165) is 73.7 Å². The molecular formula is C28H35N7O2. The highest BCUT2D eigenvalue weighted by atomic mass is 16.5. The molecule has 9 heteroatoms. The molecule has 0 unspecified atom stereocenters. The number of morpholine rings is 1. The van der Waals surface area contributed by atoms with E-state index in [-0.39, 0.29) is 5.56 Å². The van der Waals surface area contributed by atoms with Crippen LogP contribution in [-0.2, 0) is 30.8 Å². The number of H-pyrrole nitrogens is 1. The van der Waals surface area contributed by atoms with Gasteiger partial charge in [0, 0.05) is 44.8 Å². The number of fused-ring (bicyclic) bond motifs is 1. The molecule has 1 aliphatic rings. The number of aromatic amines is 1. The molecule has 1 saturated heterocycles. The molecule has 1 aliphatic heterocycles. The van der Waals surface area contributed by atoms with Crippen LogP contribution in [0.3, 0.4) is 0 Å². The Balaban J connectivity index is 1.35. The Morgan fingerprint density at radius 2 is 1.84 bits per heavy atom. The van der Waals surface area contributed by atoms with Crippen LogP contribution >= 0.6 is 0 Å². The lowest BCUT2D eigenvalue weighted by molar-refractivity contribution is 0.0322. The molecule has 1 fully saturated rings. The zero-order valence-electron chi connectivity index (χ0n) is 21.7. The fourth-order valence-corrected chi connectivity index (χ4v) is 4.84. The number of hydrogen-bond donors (Lipinski definition) is 1. The molecule has 0 bridgehead atoms. The van der Waals surface area contributed by atoms with E-state index in [9.17, 15) is 4.79 Å². The van der Waals surface area contributed by atoms with Gasteiger partial charge in [0.25, 0.3) is 5.56 Å². The van der Waals surface area contributed by atoms with E-state index < -0.39 is 0 Å². The van der Waals surface area contributed by atoms with Gasteiger partial charge in [-0.2, -0.15) is 0 Å². The van der Waals surface area contributed by atoms with Crippen LogP contribution in [0.1, 0.15) is 28.1 Å². The maximum atomic E-state index is 13.1. The molecule has 0 atom stereocenters. The van der Waals surface area contributed by atoms with Crippen molar-refractivity contribution in [1.82, 2.24) is 35.0 Å². The van der Waals surface area contributed by atoms with E-state index in [1.807, 2.05) is 28.9 Å². The summed E-state index contributed by atoms with van der Waals surface area (Å²) in [5, 5.41) is 13.6. The number of ether oxygens (including phenoxy) is 1. The summed E-state index contributed by atoms with van der Waals surface area (Å²) in [6.45, 7) is 11.0. The van der Waals surface area contributed by atoms with Crippen LogP contribution in [0.15, 0.2) is 53.3 Å². The molecule has 0 saturated carbocycles. The van der Waals surface area contributed by atoms with E-state index in [4.69, 9.17) is 4.74 Å². The second kappa shape index (κ2) is 11.8. The SMILES string of the molecule is Cc1ccc2cc(CN(CCN3CCOCC3)Cc3nnnn3CCc3ccccc3)c(=O)[nH]c2c1C. The van der Waals surface area contributed by atoms with Crippen LogP contribution in [0.4, 0.5) is 0 Å². The normalized spacial score (nSPS) is 14.6. The molecule has 0 radical (unpaired) electrons. The Morgan fingerprint density at radius 3 is 2.65 bits per heavy atom. The smallest absolute Gasteiger partial charge is 0.252 e. The minimum atomic E-state index is -0.0405. The van der Waals surface area contributed by atoms with Crippen molar-refractivity contribution in [2.75, 3.05) is 39.4 Å². The third kappa shape index (κ3) is 6.30. The van der Waals surface area contributed by atoms with E-state index in [1.54, 1.807) is 0 Å². The van der Waals surface area contributed by atoms with E-state index in [1.165, 1.54) is 11.1 Å². The quantitative estimate of drug-likeness (QED) is 0.357. The van der Waals surface area contributed by atoms with Crippen LogP contribution in [-0.4, -0.2) is 74.4 Å². The molecule has 1 N–H and O–H groups in total. The lowest BCUT2D eigenvalue weighted by Gasteiger charge is -2.29. The van der Waals surface area contributed by atoms with Crippen molar-refractivity contribution in [2.45, 2.75) is 39.9 Å². The maximum absolute atomic E-state index is 13.1. The summed E-state index contributed by atoms with van der Waals surface area (Å²) in [4.78, 5) is 20.9. The van der Waals surface area contributed by atoms with Gasteiger partial charge >= 0.3 is 0 Å². The highest BCUT2D eigenvalue weighted by molar-refractivity contribution is 5.83. The maximum Gasteiger partial charge on any atom is 0.252 e. The van der Waals surface area contributed by atoms with Gasteiger partial charge in [0.15, 0.2) is 5.82 Å². The summed E-state index contributed by atoms with van der Waals surface area (Å²) in [6, 6.07) is 16.6. The van der Waals surface area contributed by atoms with Crippen LogP contribution in [0.5, 0.6) is 0 Å². The fourth-order valence-electron chi connectivity index (χ4n) is 4.84. The zero-order valence-corrected chi connectivity index (χ0v) is 21.7. The van der Waals surface area contributed by atoms with Gasteiger partial charge in [-0.05, 0) is 58.8 Å². The summed E-state index contributed by atoms with van der Waals surface area (Å²) in [6.07, 6.45) is 0.857. The number of benzene rings is 2. The van der Waals surface area contributed by atoms with Crippen molar-refractivity contribution in [3.8, 4) is 0 Å². The molecule has 37 heavy (non-hydrogen) atoms. The van der Waals surface area contributed by atoms with Gasteiger partial charge in [-0.25, -0.2) is 4.68 Å². The molecule has 4 aromatic rings. The van der Waals surface area contributed by atoms with Gasteiger partial charge in [-0.3, -0.25) is 14.6 Å². The Bertz CT molecular complexity index is 1380. The van der Waals surface area contributed by atoms with E-state index in [0.29, 0.717) is 19.6 Å². The lowest BCUT2D eigenvalue weighted by Crippen LogP contribution is -2.41. The molecule has 0 spiro atoms. The van der Waals surface area contributed by atoms with Crippen LogP contribution in [0.25, 0.3) is 10.9 Å². The summed E-state index contributed by atoms with van der Waals surface area (Å²) in [5.41, 5.74) is 5.16. The van der Waals surface area contributed by atoms with Crippen LogP contribution in [0.2, 0.25) is 0 Å². The molecule has 3 heterocycles. The standard InChI is InChI=1S/C28H35N7O2/c1-21-8-9-24-18-25(28(36)29-27(24)22(21)2)19-34(13-12-33-14-16-37-17-15-33)20-26-30-31-32-35(26)11-10-23-6-4-3-5-7-23/h3-9,18H,10-17,19-20H2,1-2H3,(H,29,36). The Morgan fingerprint density at radius 1 is 1.03 bits per heavy atom. The summed E-state index contributed by atoms with van der Waals surface area (Å²) in [7, 11) is 0. The van der Waals surface area contributed by atoms with Crippen molar-refractivity contribution in [3.05, 3.63) is 87.0 Å². The molecule has 5 rings (SSSR count). The van der Waals surface area contributed by atoms with Gasteiger partial charge in [0.2, 0.25) is 0 Å². The van der Waals surface area contributed by atoms with Gasteiger partial charge in [-0.15, -0.1) is 5.10 Å². The van der Waals surface area contributed by atoms with Crippen LogP contribution < -0.4 is 5.56 Å². The first-order chi connectivity index (χ1) is 18.1. The predicted molar refractivity (Wildman–Crippen MR) is 143 cm³/mol. The molecule has 0 amide bonds. The van der Waals surface area contributed by atoms with Gasteiger partial charge in [0.1, 0.15) is 0 Å². The van der Waals surface area contributed by atoms with E-state index in [2.05, 4.69) is 68.4 Å². The molecule has 9 nitrogen and oxygen atoms in total. The average molecular weight is 502 g/mol. The first-order valence-electron chi connectivity index (χ1n) is 13.0. The number of tetrazole rings is 1. The Kier molecular flexibility index (Phi) is 8.03. The topological polar surface area (TPSA) is 92.2 Å². The molecular weight excluding hydrogens is 466 g/mol. The van der Waals surface area contributed by atoms with Crippen molar-refractivity contribution in [3.63, 3.8) is 0 Å². The second-order valence-corrected chi connectivity index (χ2v) is 9.81. The number of hydrogen-bond acceptors (Lipinski definition) is 7. The third-order valence-electron chi connectivity index (χ3n) is 7.28. The van der Waals surface area contributed by atoms with Crippen molar-refractivity contribution in [1.29, 1.82) is 0 Å². The monoisotopic (exact) mass is 501 g/mol. The molecule has 2 aromatic carbocycles. The number of aromatic nitrogens is 5. The molecule has 2 aromatic heterocycles. The van der Waals surface area contributed by atoms with Gasteiger partial charge in [0.05, 0.1) is 25.3 Å². The largest absolute Gasteiger partial charge is 0.379 e. The minimum absolute atomic E-state index is 0.0405. The fraction of sp³-hybridized carbons (Fsp3) is 0.429. The molecule has 194 valence electrons. The number of nitrogens with zero attached hydrogens (tertiary/aromatic N) is 6. The number of aryl methyl sites for hydroxylation is 4. The van der Waals surface area contributed by atoms with Crippen molar-refractivity contribution < 1.29 is 4.74 Å². The van der Waals surface area contributed by atoms with Crippen molar-refractivity contribution >= 4 is 10.9 Å². The van der Waals surface area contributed by atoms with Gasteiger partial charge < -0.3 is 9.72 Å². The lowest BCUT2D eigenvalue weighted by atomic mass is 10.0. The highest BCUT2D eigenvalue weighted by Crippen LogP contribution is 2.19. The first-order valence-corrected chi connectivity index (χ1v) is 13.0.